The normalized spacial score (nSPS) is 12.1. The van der Waals surface area contributed by atoms with E-state index >= 15 is 0 Å². The molecule has 0 aliphatic rings. The van der Waals surface area contributed by atoms with Crippen molar-refractivity contribution in [1.29, 1.82) is 0 Å². The molecule has 1 atom stereocenters. The predicted octanol–water partition coefficient (Wildman–Crippen LogP) is 1.59. The number of ether oxygens (including phenoxy) is 1. The number of hydrogen-bond donors (Lipinski definition) is 2. The second-order valence-electron chi connectivity index (χ2n) is 2.99. The van der Waals surface area contributed by atoms with Crippen molar-refractivity contribution in [2.24, 2.45) is 0 Å². The summed E-state index contributed by atoms with van der Waals surface area (Å²) in [5.74, 6) is -1.14. The van der Waals surface area contributed by atoms with Crippen LogP contribution < -0.4 is 4.74 Å². The van der Waals surface area contributed by atoms with Gasteiger partial charge in [-0.05, 0) is 25.1 Å². The number of benzene rings is 1. The summed E-state index contributed by atoms with van der Waals surface area (Å²) < 4.78 is 5.00. The van der Waals surface area contributed by atoms with E-state index in [4.69, 9.17) is 9.84 Å². The Morgan fingerprint density at radius 2 is 2.14 bits per heavy atom. The van der Waals surface area contributed by atoms with Gasteiger partial charge in [0.2, 0.25) is 0 Å². The zero-order valence-electron chi connectivity index (χ0n) is 8.02. The molecule has 14 heavy (non-hydrogen) atoms. The van der Waals surface area contributed by atoms with Crippen molar-refractivity contribution in [2.75, 3.05) is 7.11 Å². The van der Waals surface area contributed by atoms with Gasteiger partial charge in [0.25, 0.3) is 0 Å². The molecule has 1 rings (SSSR count). The minimum Gasteiger partial charge on any atom is -0.508 e. The third-order valence-electron chi connectivity index (χ3n) is 2.05. The molecule has 0 heterocycles. The number of rotatable bonds is 3. The summed E-state index contributed by atoms with van der Waals surface area (Å²) >= 11 is 0. The van der Waals surface area contributed by atoms with E-state index in [0.29, 0.717) is 11.3 Å². The van der Waals surface area contributed by atoms with Crippen LogP contribution in [-0.4, -0.2) is 23.3 Å². The van der Waals surface area contributed by atoms with Crippen molar-refractivity contribution in [3.8, 4) is 11.5 Å². The molecule has 1 aromatic carbocycles. The number of phenolic OH excluding ortho intramolecular Hbond substituents is 1. The second-order valence-corrected chi connectivity index (χ2v) is 2.99. The summed E-state index contributed by atoms with van der Waals surface area (Å²) in [6.07, 6.45) is 0. The van der Waals surface area contributed by atoms with Crippen LogP contribution in [0.2, 0.25) is 0 Å². The van der Waals surface area contributed by atoms with Crippen LogP contribution >= 0.6 is 0 Å². The number of hydrogen-bond acceptors (Lipinski definition) is 3. The van der Waals surface area contributed by atoms with E-state index in [1.807, 2.05) is 0 Å². The maximum absolute atomic E-state index is 10.7. The highest BCUT2D eigenvalue weighted by Gasteiger charge is 2.18. The van der Waals surface area contributed by atoms with E-state index in [-0.39, 0.29) is 5.75 Å². The van der Waals surface area contributed by atoms with Gasteiger partial charge in [-0.15, -0.1) is 0 Å². The number of methoxy groups -OCH3 is 1. The van der Waals surface area contributed by atoms with Gasteiger partial charge in [0.05, 0.1) is 13.0 Å². The highest BCUT2D eigenvalue weighted by Crippen LogP contribution is 2.29. The Balaban J connectivity index is 3.16. The van der Waals surface area contributed by atoms with Gasteiger partial charge in [-0.2, -0.15) is 0 Å². The summed E-state index contributed by atoms with van der Waals surface area (Å²) in [6.45, 7) is 1.54. The van der Waals surface area contributed by atoms with E-state index in [1.165, 1.54) is 19.2 Å². The molecule has 1 unspecified atom stereocenters. The van der Waals surface area contributed by atoms with Gasteiger partial charge in [-0.3, -0.25) is 4.79 Å². The van der Waals surface area contributed by atoms with Crippen LogP contribution in [0.15, 0.2) is 18.2 Å². The van der Waals surface area contributed by atoms with E-state index < -0.39 is 11.9 Å². The van der Waals surface area contributed by atoms with Crippen molar-refractivity contribution in [3.63, 3.8) is 0 Å². The zero-order valence-corrected chi connectivity index (χ0v) is 8.02. The number of carboxylic acid groups (broad SMARTS) is 1. The Kier molecular flexibility index (Phi) is 2.96. The van der Waals surface area contributed by atoms with Crippen LogP contribution in [0.4, 0.5) is 0 Å². The molecular weight excluding hydrogens is 184 g/mol. The van der Waals surface area contributed by atoms with Crippen molar-refractivity contribution >= 4 is 5.97 Å². The maximum atomic E-state index is 10.7. The summed E-state index contributed by atoms with van der Waals surface area (Å²) in [6, 6.07) is 4.40. The molecule has 1 aromatic rings. The Morgan fingerprint density at radius 1 is 1.50 bits per heavy atom. The van der Waals surface area contributed by atoms with Gasteiger partial charge in [0.15, 0.2) is 0 Å². The number of phenols is 1. The molecular formula is C10H12O4. The van der Waals surface area contributed by atoms with Gasteiger partial charge >= 0.3 is 5.97 Å². The van der Waals surface area contributed by atoms with Crippen molar-refractivity contribution in [3.05, 3.63) is 23.8 Å². The molecule has 0 bridgehead atoms. The third-order valence-corrected chi connectivity index (χ3v) is 2.05. The molecule has 0 radical (unpaired) electrons. The number of aliphatic carboxylic acids is 1. The lowest BCUT2D eigenvalue weighted by Crippen LogP contribution is -2.08. The standard InChI is InChI=1S/C10H12O4/c1-6(10(12)13)8-5-7(11)3-4-9(8)14-2/h3-6,11H,1-2H3,(H,12,13). The molecule has 0 saturated carbocycles. The van der Waals surface area contributed by atoms with Crippen LogP contribution in [0.1, 0.15) is 18.4 Å². The first kappa shape index (κ1) is 10.4. The van der Waals surface area contributed by atoms with Gasteiger partial charge < -0.3 is 14.9 Å². The van der Waals surface area contributed by atoms with E-state index in [2.05, 4.69) is 0 Å². The van der Waals surface area contributed by atoms with E-state index in [0.717, 1.165) is 0 Å². The molecule has 76 valence electrons. The predicted molar refractivity (Wildman–Crippen MR) is 50.7 cm³/mol. The minimum atomic E-state index is -0.950. The van der Waals surface area contributed by atoms with E-state index in [1.54, 1.807) is 13.0 Å². The van der Waals surface area contributed by atoms with Crippen LogP contribution in [0.25, 0.3) is 0 Å². The highest BCUT2D eigenvalue weighted by atomic mass is 16.5. The van der Waals surface area contributed by atoms with Gasteiger partial charge in [0, 0.05) is 5.56 Å². The Bertz CT molecular complexity index is 346. The van der Waals surface area contributed by atoms with Crippen LogP contribution in [-0.2, 0) is 4.79 Å². The SMILES string of the molecule is COc1ccc(O)cc1C(C)C(=O)O. The van der Waals surface area contributed by atoms with E-state index in [9.17, 15) is 9.90 Å². The largest absolute Gasteiger partial charge is 0.508 e. The number of aromatic hydroxyl groups is 1. The van der Waals surface area contributed by atoms with Gasteiger partial charge in [-0.25, -0.2) is 0 Å². The first-order valence-electron chi connectivity index (χ1n) is 4.16. The minimum absolute atomic E-state index is 0.0360. The monoisotopic (exact) mass is 196 g/mol. The Morgan fingerprint density at radius 3 is 2.64 bits per heavy atom. The number of carbonyl (C=O) groups is 1. The zero-order chi connectivity index (χ0) is 10.7. The Labute approximate surface area is 81.8 Å². The van der Waals surface area contributed by atoms with Gasteiger partial charge in [0.1, 0.15) is 11.5 Å². The van der Waals surface area contributed by atoms with Crippen molar-refractivity contribution < 1.29 is 19.7 Å². The van der Waals surface area contributed by atoms with Crippen LogP contribution in [0.5, 0.6) is 11.5 Å². The lowest BCUT2D eigenvalue weighted by atomic mass is 10.00. The fraction of sp³-hybridized carbons (Fsp3) is 0.300. The second kappa shape index (κ2) is 4.00. The summed E-state index contributed by atoms with van der Waals surface area (Å²) in [5.41, 5.74) is 0.472. The molecule has 0 amide bonds. The third kappa shape index (κ3) is 1.96. The Hall–Kier alpha value is -1.71. The molecule has 0 saturated heterocycles. The number of carboxylic acids is 1. The summed E-state index contributed by atoms with van der Waals surface area (Å²) in [5, 5.41) is 18.0. The fourth-order valence-electron chi connectivity index (χ4n) is 1.19. The molecule has 0 aromatic heterocycles. The first-order chi connectivity index (χ1) is 6.56. The lowest BCUT2D eigenvalue weighted by Gasteiger charge is -2.11. The summed E-state index contributed by atoms with van der Waals surface area (Å²) in [7, 11) is 1.46. The highest BCUT2D eigenvalue weighted by molar-refractivity contribution is 5.76. The molecule has 4 heteroatoms. The van der Waals surface area contributed by atoms with Gasteiger partial charge in [-0.1, -0.05) is 0 Å². The molecule has 0 aliphatic heterocycles. The quantitative estimate of drug-likeness (QED) is 0.770. The first-order valence-corrected chi connectivity index (χ1v) is 4.16. The van der Waals surface area contributed by atoms with Crippen molar-refractivity contribution in [2.45, 2.75) is 12.8 Å². The average Bonchev–Trinajstić information content (AvgIpc) is 2.16. The smallest absolute Gasteiger partial charge is 0.310 e. The topological polar surface area (TPSA) is 66.8 Å². The van der Waals surface area contributed by atoms with Crippen LogP contribution in [0.3, 0.4) is 0 Å². The molecule has 0 aliphatic carbocycles. The summed E-state index contributed by atoms with van der Waals surface area (Å²) in [4.78, 5) is 10.7. The van der Waals surface area contributed by atoms with Crippen molar-refractivity contribution in [1.82, 2.24) is 0 Å². The average molecular weight is 196 g/mol. The fourth-order valence-corrected chi connectivity index (χ4v) is 1.19. The van der Waals surface area contributed by atoms with Crippen LogP contribution in [0, 0.1) is 0 Å². The molecule has 4 nitrogen and oxygen atoms in total. The molecule has 2 N–H and O–H groups in total. The molecule has 0 spiro atoms. The lowest BCUT2D eigenvalue weighted by molar-refractivity contribution is -0.138. The molecule has 0 fully saturated rings. The maximum Gasteiger partial charge on any atom is 0.310 e.